The third-order valence-electron chi connectivity index (χ3n) is 2.48. The molecule has 0 saturated heterocycles. The van der Waals surface area contributed by atoms with E-state index in [1.807, 2.05) is 0 Å². The van der Waals surface area contributed by atoms with Crippen LogP contribution in [-0.4, -0.2) is 34.8 Å². The SMILES string of the molecule is COc1ccc(OC)c(C(=O)Cn2cncn2)c1. The van der Waals surface area contributed by atoms with Gasteiger partial charge >= 0.3 is 0 Å². The molecule has 1 aromatic carbocycles. The number of ether oxygens (including phenoxy) is 2. The lowest BCUT2D eigenvalue weighted by atomic mass is 10.1. The number of methoxy groups -OCH3 is 2. The molecule has 0 fully saturated rings. The third kappa shape index (κ3) is 2.48. The molecule has 0 aliphatic carbocycles. The Labute approximate surface area is 104 Å². The fourth-order valence-electron chi connectivity index (χ4n) is 1.58. The molecule has 2 rings (SSSR count). The van der Waals surface area contributed by atoms with Gasteiger partial charge in [-0.2, -0.15) is 5.10 Å². The normalized spacial score (nSPS) is 10.1. The van der Waals surface area contributed by atoms with Crippen LogP contribution in [0.4, 0.5) is 0 Å². The summed E-state index contributed by atoms with van der Waals surface area (Å²) in [6, 6.07) is 5.09. The maximum absolute atomic E-state index is 12.1. The average molecular weight is 247 g/mol. The van der Waals surface area contributed by atoms with E-state index in [1.54, 1.807) is 25.3 Å². The molecule has 1 aromatic heterocycles. The van der Waals surface area contributed by atoms with Gasteiger partial charge in [0.15, 0.2) is 5.78 Å². The number of carbonyl (C=O) groups is 1. The Balaban J connectivity index is 2.27. The molecule has 2 aromatic rings. The lowest BCUT2D eigenvalue weighted by Gasteiger charge is -2.09. The van der Waals surface area contributed by atoms with Crippen molar-refractivity contribution in [3.8, 4) is 11.5 Å². The van der Waals surface area contributed by atoms with Crippen LogP contribution in [0.2, 0.25) is 0 Å². The summed E-state index contributed by atoms with van der Waals surface area (Å²) >= 11 is 0. The van der Waals surface area contributed by atoms with Crippen molar-refractivity contribution in [3.63, 3.8) is 0 Å². The fourth-order valence-corrected chi connectivity index (χ4v) is 1.58. The highest BCUT2D eigenvalue weighted by molar-refractivity contribution is 5.98. The lowest BCUT2D eigenvalue weighted by Crippen LogP contribution is -2.12. The zero-order valence-electron chi connectivity index (χ0n) is 10.2. The van der Waals surface area contributed by atoms with E-state index in [0.29, 0.717) is 17.1 Å². The van der Waals surface area contributed by atoms with Crippen molar-refractivity contribution in [1.82, 2.24) is 14.8 Å². The molecule has 0 amide bonds. The molecular weight excluding hydrogens is 234 g/mol. The fraction of sp³-hybridized carbons (Fsp3) is 0.250. The number of Topliss-reactive ketones (excluding diaryl/α,β-unsaturated/α-hetero) is 1. The second kappa shape index (κ2) is 5.31. The number of benzene rings is 1. The van der Waals surface area contributed by atoms with Gasteiger partial charge in [-0.1, -0.05) is 0 Å². The predicted molar refractivity (Wildman–Crippen MR) is 63.9 cm³/mol. The van der Waals surface area contributed by atoms with Crippen molar-refractivity contribution in [2.75, 3.05) is 14.2 Å². The Bertz CT molecular complexity index is 538. The Hall–Kier alpha value is -2.37. The van der Waals surface area contributed by atoms with Gasteiger partial charge in [-0.05, 0) is 18.2 Å². The van der Waals surface area contributed by atoms with E-state index < -0.39 is 0 Å². The molecule has 0 spiro atoms. The number of rotatable bonds is 5. The summed E-state index contributed by atoms with van der Waals surface area (Å²) in [4.78, 5) is 15.9. The topological polar surface area (TPSA) is 66.2 Å². The number of hydrogen-bond acceptors (Lipinski definition) is 5. The number of hydrogen-bond donors (Lipinski definition) is 0. The van der Waals surface area contributed by atoms with E-state index in [9.17, 15) is 4.79 Å². The van der Waals surface area contributed by atoms with E-state index in [4.69, 9.17) is 9.47 Å². The van der Waals surface area contributed by atoms with Gasteiger partial charge in [-0.15, -0.1) is 0 Å². The Morgan fingerprint density at radius 2 is 2.17 bits per heavy atom. The molecule has 0 aliphatic rings. The molecule has 0 radical (unpaired) electrons. The van der Waals surface area contributed by atoms with Crippen LogP contribution in [0.3, 0.4) is 0 Å². The zero-order valence-corrected chi connectivity index (χ0v) is 10.2. The van der Waals surface area contributed by atoms with Crippen molar-refractivity contribution in [2.45, 2.75) is 6.54 Å². The van der Waals surface area contributed by atoms with Crippen LogP contribution in [0.15, 0.2) is 30.9 Å². The second-order valence-corrected chi connectivity index (χ2v) is 3.58. The number of carbonyl (C=O) groups excluding carboxylic acids is 1. The zero-order chi connectivity index (χ0) is 13.0. The molecule has 0 N–H and O–H groups in total. The highest BCUT2D eigenvalue weighted by Crippen LogP contribution is 2.24. The first-order valence-corrected chi connectivity index (χ1v) is 5.32. The van der Waals surface area contributed by atoms with Crippen molar-refractivity contribution in [2.24, 2.45) is 0 Å². The first-order chi connectivity index (χ1) is 8.74. The molecule has 18 heavy (non-hydrogen) atoms. The molecule has 0 saturated carbocycles. The smallest absolute Gasteiger partial charge is 0.188 e. The summed E-state index contributed by atoms with van der Waals surface area (Å²) in [6.07, 6.45) is 2.88. The number of nitrogens with zero attached hydrogens (tertiary/aromatic N) is 3. The van der Waals surface area contributed by atoms with Crippen molar-refractivity contribution < 1.29 is 14.3 Å². The average Bonchev–Trinajstić information content (AvgIpc) is 2.90. The number of ketones is 1. The Morgan fingerprint density at radius 3 is 2.78 bits per heavy atom. The molecule has 0 bridgehead atoms. The van der Waals surface area contributed by atoms with E-state index >= 15 is 0 Å². The van der Waals surface area contributed by atoms with Gasteiger partial charge in [-0.3, -0.25) is 4.79 Å². The molecule has 0 unspecified atom stereocenters. The molecule has 0 atom stereocenters. The first kappa shape index (κ1) is 12.1. The minimum atomic E-state index is -0.115. The number of aromatic nitrogens is 3. The summed E-state index contributed by atoms with van der Waals surface area (Å²) < 4.78 is 11.7. The largest absolute Gasteiger partial charge is 0.497 e. The van der Waals surface area contributed by atoms with Gasteiger partial charge in [0, 0.05) is 0 Å². The van der Waals surface area contributed by atoms with E-state index in [0.717, 1.165) is 0 Å². The van der Waals surface area contributed by atoms with Gasteiger partial charge in [0.2, 0.25) is 0 Å². The summed E-state index contributed by atoms with van der Waals surface area (Å²) in [6.45, 7) is 0.115. The maximum Gasteiger partial charge on any atom is 0.188 e. The summed E-state index contributed by atoms with van der Waals surface area (Å²) in [5.41, 5.74) is 0.465. The van der Waals surface area contributed by atoms with Crippen LogP contribution in [0.5, 0.6) is 11.5 Å². The molecule has 94 valence electrons. The van der Waals surface area contributed by atoms with Crippen molar-refractivity contribution in [3.05, 3.63) is 36.4 Å². The van der Waals surface area contributed by atoms with Crippen LogP contribution in [0.25, 0.3) is 0 Å². The van der Waals surface area contributed by atoms with Gasteiger partial charge < -0.3 is 9.47 Å². The summed E-state index contributed by atoms with van der Waals surface area (Å²) in [5.74, 6) is 1.01. The first-order valence-electron chi connectivity index (χ1n) is 5.32. The molecule has 6 nitrogen and oxygen atoms in total. The van der Waals surface area contributed by atoms with Gasteiger partial charge in [0.05, 0.1) is 19.8 Å². The summed E-state index contributed by atoms with van der Waals surface area (Å²) in [7, 11) is 3.07. The standard InChI is InChI=1S/C12H13N3O3/c1-17-9-3-4-12(18-2)10(5-9)11(16)6-15-8-13-7-14-15/h3-5,7-8H,6H2,1-2H3. The summed E-state index contributed by atoms with van der Waals surface area (Å²) in [5, 5.41) is 3.89. The van der Waals surface area contributed by atoms with Crippen molar-refractivity contribution >= 4 is 5.78 Å². The van der Waals surface area contributed by atoms with Gasteiger partial charge in [-0.25, -0.2) is 9.67 Å². The van der Waals surface area contributed by atoms with Crippen LogP contribution < -0.4 is 9.47 Å². The second-order valence-electron chi connectivity index (χ2n) is 3.58. The quantitative estimate of drug-likeness (QED) is 0.742. The van der Waals surface area contributed by atoms with E-state index in [1.165, 1.54) is 24.4 Å². The van der Waals surface area contributed by atoms with Gasteiger partial charge in [0.25, 0.3) is 0 Å². The van der Waals surface area contributed by atoms with Crippen LogP contribution in [0, 0.1) is 0 Å². The Kier molecular flexibility index (Phi) is 3.57. The monoisotopic (exact) mass is 247 g/mol. The predicted octanol–water partition coefficient (Wildman–Crippen LogP) is 1.18. The van der Waals surface area contributed by atoms with Crippen LogP contribution in [0.1, 0.15) is 10.4 Å². The maximum atomic E-state index is 12.1. The van der Waals surface area contributed by atoms with E-state index in [-0.39, 0.29) is 12.3 Å². The minimum Gasteiger partial charge on any atom is -0.497 e. The van der Waals surface area contributed by atoms with Crippen LogP contribution in [-0.2, 0) is 6.54 Å². The molecule has 6 heteroatoms. The molecule has 1 heterocycles. The third-order valence-corrected chi connectivity index (χ3v) is 2.48. The van der Waals surface area contributed by atoms with Crippen molar-refractivity contribution in [1.29, 1.82) is 0 Å². The molecule has 0 aliphatic heterocycles. The highest BCUT2D eigenvalue weighted by Gasteiger charge is 2.14. The van der Waals surface area contributed by atoms with Gasteiger partial charge in [0.1, 0.15) is 30.7 Å². The Morgan fingerprint density at radius 1 is 1.33 bits per heavy atom. The molecular formula is C12H13N3O3. The highest BCUT2D eigenvalue weighted by atomic mass is 16.5. The van der Waals surface area contributed by atoms with E-state index in [2.05, 4.69) is 10.1 Å². The van der Waals surface area contributed by atoms with Crippen LogP contribution >= 0.6 is 0 Å². The minimum absolute atomic E-state index is 0.115. The lowest BCUT2D eigenvalue weighted by molar-refractivity contribution is 0.0964.